The summed E-state index contributed by atoms with van der Waals surface area (Å²) in [6.07, 6.45) is 0. The van der Waals surface area contributed by atoms with E-state index in [1.54, 1.807) is 20.3 Å². The molecular weight excluding hydrogens is 292 g/mol. The van der Waals surface area contributed by atoms with E-state index >= 15 is 0 Å². The van der Waals surface area contributed by atoms with E-state index in [-0.39, 0.29) is 0 Å². The summed E-state index contributed by atoms with van der Waals surface area (Å²) < 4.78 is 15.9. The smallest absolute Gasteiger partial charge is 0.162 e. The van der Waals surface area contributed by atoms with Crippen LogP contribution in [0, 0.1) is 0 Å². The summed E-state index contributed by atoms with van der Waals surface area (Å²) in [5.74, 6) is 1.35. The molecule has 5 nitrogen and oxygen atoms in total. The Balaban J connectivity index is 1.82. The molecule has 0 atom stereocenters. The predicted octanol–water partition coefficient (Wildman–Crippen LogP) is 1.78. The van der Waals surface area contributed by atoms with Gasteiger partial charge in [-0.3, -0.25) is 4.90 Å². The first-order valence-electron chi connectivity index (χ1n) is 7.16. The fourth-order valence-corrected chi connectivity index (χ4v) is 2.54. The minimum Gasteiger partial charge on any atom is -0.493 e. The molecule has 1 aliphatic rings. The van der Waals surface area contributed by atoms with Crippen LogP contribution in [0.1, 0.15) is 5.56 Å². The second-order valence-electron chi connectivity index (χ2n) is 4.93. The first-order chi connectivity index (χ1) is 10.2. The molecule has 1 aliphatic heterocycles. The molecule has 0 aromatic heterocycles. The molecule has 118 valence electrons. The van der Waals surface area contributed by atoms with E-state index < -0.39 is 0 Å². The van der Waals surface area contributed by atoms with Gasteiger partial charge in [-0.2, -0.15) is 0 Å². The SMILES string of the molecule is COc1cc(Cl)c(CNCCN2CCOCC2)cc1OC. The van der Waals surface area contributed by atoms with Crippen molar-refractivity contribution in [3.05, 3.63) is 22.7 Å². The van der Waals surface area contributed by atoms with Gasteiger partial charge in [0.2, 0.25) is 0 Å². The van der Waals surface area contributed by atoms with Crippen LogP contribution in [0.4, 0.5) is 0 Å². The molecule has 0 saturated carbocycles. The molecule has 1 aromatic rings. The van der Waals surface area contributed by atoms with E-state index in [4.69, 9.17) is 25.8 Å². The second-order valence-corrected chi connectivity index (χ2v) is 5.34. The molecule has 1 fully saturated rings. The van der Waals surface area contributed by atoms with Crippen molar-refractivity contribution >= 4 is 11.6 Å². The van der Waals surface area contributed by atoms with E-state index in [0.717, 1.165) is 45.0 Å². The zero-order valence-electron chi connectivity index (χ0n) is 12.7. The van der Waals surface area contributed by atoms with E-state index in [0.29, 0.717) is 23.1 Å². The van der Waals surface area contributed by atoms with Gasteiger partial charge < -0.3 is 19.5 Å². The van der Waals surface area contributed by atoms with Gasteiger partial charge in [-0.25, -0.2) is 0 Å². The van der Waals surface area contributed by atoms with E-state index in [1.165, 1.54) is 0 Å². The molecule has 0 unspecified atom stereocenters. The molecule has 1 heterocycles. The molecule has 0 amide bonds. The van der Waals surface area contributed by atoms with E-state index in [2.05, 4.69) is 10.2 Å². The fourth-order valence-electron chi connectivity index (χ4n) is 2.32. The molecule has 2 rings (SSSR count). The molecule has 1 aromatic carbocycles. The third-order valence-electron chi connectivity index (χ3n) is 3.58. The van der Waals surface area contributed by atoms with Crippen molar-refractivity contribution in [2.45, 2.75) is 6.54 Å². The van der Waals surface area contributed by atoms with Gasteiger partial charge in [-0.1, -0.05) is 11.6 Å². The summed E-state index contributed by atoms with van der Waals surface area (Å²) in [4.78, 5) is 2.40. The Morgan fingerprint density at radius 1 is 1.19 bits per heavy atom. The number of hydrogen-bond acceptors (Lipinski definition) is 5. The Labute approximate surface area is 131 Å². The highest BCUT2D eigenvalue weighted by Crippen LogP contribution is 2.32. The summed E-state index contributed by atoms with van der Waals surface area (Å²) in [6, 6.07) is 3.71. The number of ether oxygens (including phenoxy) is 3. The first-order valence-corrected chi connectivity index (χ1v) is 7.53. The van der Waals surface area contributed by atoms with Crippen molar-refractivity contribution in [2.24, 2.45) is 0 Å². The van der Waals surface area contributed by atoms with Gasteiger partial charge in [0.1, 0.15) is 0 Å². The number of halogens is 1. The lowest BCUT2D eigenvalue weighted by Gasteiger charge is -2.26. The van der Waals surface area contributed by atoms with Crippen LogP contribution in [0.25, 0.3) is 0 Å². The third-order valence-corrected chi connectivity index (χ3v) is 3.93. The molecule has 0 radical (unpaired) electrons. The lowest BCUT2D eigenvalue weighted by atomic mass is 10.2. The summed E-state index contributed by atoms with van der Waals surface area (Å²) >= 11 is 6.26. The normalized spacial score (nSPS) is 16.0. The van der Waals surface area contributed by atoms with Crippen LogP contribution in [-0.2, 0) is 11.3 Å². The van der Waals surface area contributed by atoms with Crippen molar-refractivity contribution in [3.63, 3.8) is 0 Å². The zero-order valence-corrected chi connectivity index (χ0v) is 13.4. The number of nitrogens with zero attached hydrogens (tertiary/aromatic N) is 1. The number of methoxy groups -OCH3 is 2. The second kappa shape index (κ2) is 8.44. The van der Waals surface area contributed by atoms with Gasteiger partial charge >= 0.3 is 0 Å². The van der Waals surface area contributed by atoms with Crippen LogP contribution in [0.15, 0.2) is 12.1 Å². The molecule has 6 heteroatoms. The lowest BCUT2D eigenvalue weighted by Crippen LogP contribution is -2.40. The van der Waals surface area contributed by atoms with Crippen molar-refractivity contribution in [3.8, 4) is 11.5 Å². The monoisotopic (exact) mass is 314 g/mol. The predicted molar refractivity (Wildman–Crippen MR) is 83.5 cm³/mol. The Morgan fingerprint density at radius 3 is 2.52 bits per heavy atom. The summed E-state index contributed by atoms with van der Waals surface area (Å²) in [6.45, 7) is 6.35. The highest BCUT2D eigenvalue weighted by molar-refractivity contribution is 6.31. The van der Waals surface area contributed by atoms with Crippen LogP contribution in [0.2, 0.25) is 5.02 Å². The van der Waals surface area contributed by atoms with Crippen LogP contribution in [0.5, 0.6) is 11.5 Å². The van der Waals surface area contributed by atoms with Gasteiger partial charge in [0, 0.05) is 43.8 Å². The van der Waals surface area contributed by atoms with Gasteiger partial charge in [-0.05, 0) is 11.6 Å². The van der Waals surface area contributed by atoms with Crippen molar-refractivity contribution in [1.82, 2.24) is 10.2 Å². The average Bonchev–Trinajstić information content (AvgIpc) is 2.53. The molecule has 0 aliphatic carbocycles. The van der Waals surface area contributed by atoms with Crippen LogP contribution in [-0.4, -0.2) is 58.5 Å². The third kappa shape index (κ3) is 4.74. The molecule has 21 heavy (non-hydrogen) atoms. The van der Waals surface area contributed by atoms with Crippen LogP contribution in [0.3, 0.4) is 0 Å². The Kier molecular flexibility index (Phi) is 6.57. The van der Waals surface area contributed by atoms with Gasteiger partial charge in [0.15, 0.2) is 11.5 Å². The molecular formula is C15H23ClN2O3. The summed E-state index contributed by atoms with van der Waals surface area (Å²) in [5.41, 5.74) is 1.01. The molecule has 0 bridgehead atoms. The standard InChI is InChI=1S/C15H23ClN2O3/c1-19-14-9-12(13(16)10-15(14)20-2)11-17-3-4-18-5-7-21-8-6-18/h9-10,17H,3-8,11H2,1-2H3. The zero-order chi connectivity index (χ0) is 15.1. The van der Waals surface area contributed by atoms with Crippen molar-refractivity contribution in [1.29, 1.82) is 0 Å². The summed E-state index contributed by atoms with van der Waals surface area (Å²) in [7, 11) is 3.23. The van der Waals surface area contributed by atoms with Crippen molar-refractivity contribution in [2.75, 3.05) is 53.6 Å². The number of morpholine rings is 1. The molecule has 0 spiro atoms. The van der Waals surface area contributed by atoms with E-state index in [1.807, 2.05) is 6.07 Å². The van der Waals surface area contributed by atoms with Gasteiger partial charge in [-0.15, -0.1) is 0 Å². The topological polar surface area (TPSA) is 43.0 Å². The maximum atomic E-state index is 6.26. The van der Waals surface area contributed by atoms with Gasteiger partial charge in [0.05, 0.1) is 27.4 Å². The van der Waals surface area contributed by atoms with Gasteiger partial charge in [0.25, 0.3) is 0 Å². The quantitative estimate of drug-likeness (QED) is 0.777. The maximum Gasteiger partial charge on any atom is 0.162 e. The Morgan fingerprint density at radius 2 is 1.86 bits per heavy atom. The minimum absolute atomic E-state index is 0.652. The Hall–Kier alpha value is -1.01. The van der Waals surface area contributed by atoms with Crippen molar-refractivity contribution < 1.29 is 14.2 Å². The number of benzene rings is 1. The minimum atomic E-state index is 0.652. The highest BCUT2D eigenvalue weighted by Gasteiger charge is 2.11. The number of nitrogens with one attached hydrogen (secondary N) is 1. The number of hydrogen-bond donors (Lipinski definition) is 1. The fraction of sp³-hybridized carbons (Fsp3) is 0.600. The summed E-state index contributed by atoms with van der Waals surface area (Å²) in [5, 5.41) is 4.10. The Bertz CT molecular complexity index is 451. The first kappa shape index (κ1) is 16.4. The van der Waals surface area contributed by atoms with E-state index in [9.17, 15) is 0 Å². The molecule has 1 N–H and O–H groups in total. The molecule has 1 saturated heterocycles. The van der Waals surface area contributed by atoms with Crippen LogP contribution >= 0.6 is 11.6 Å². The number of rotatable bonds is 7. The highest BCUT2D eigenvalue weighted by atomic mass is 35.5. The van der Waals surface area contributed by atoms with Crippen LogP contribution < -0.4 is 14.8 Å². The lowest BCUT2D eigenvalue weighted by molar-refractivity contribution is 0.0384. The largest absolute Gasteiger partial charge is 0.493 e. The maximum absolute atomic E-state index is 6.26. The average molecular weight is 315 g/mol.